The van der Waals surface area contributed by atoms with Crippen molar-refractivity contribution in [2.45, 2.75) is 6.92 Å². The Kier molecular flexibility index (Phi) is 3.05. The number of aryl methyl sites for hydroxylation is 1. The summed E-state index contributed by atoms with van der Waals surface area (Å²) in [6.45, 7) is 5.56. The van der Waals surface area contributed by atoms with Crippen molar-refractivity contribution in [3.05, 3.63) is 33.9 Å². The molecule has 1 saturated heterocycles. The maximum Gasteiger partial charge on any atom is 0.271 e. The van der Waals surface area contributed by atoms with Gasteiger partial charge in [0.15, 0.2) is 0 Å². The van der Waals surface area contributed by atoms with E-state index < -0.39 is 0 Å². The number of hydrogen-bond acceptors (Lipinski definition) is 4. The Morgan fingerprint density at radius 3 is 2.62 bits per heavy atom. The van der Waals surface area contributed by atoms with E-state index in [9.17, 15) is 10.1 Å². The van der Waals surface area contributed by atoms with Gasteiger partial charge >= 0.3 is 0 Å². The van der Waals surface area contributed by atoms with E-state index in [1.807, 2.05) is 13.0 Å². The molecule has 1 aromatic rings. The summed E-state index contributed by atoms with van der Waals surface area (Å²) < 4.78 is 0. The molecule has 0 atom stereocenters. The van der Waals surface area contributed by atoms with E-state index in [-0.39, 0.29) is 10.6 Å². The smallest absolute Gasteiger partial charge is 0.271 e. The molecule has 0 aromatic heterocycles. The number of piperazine rings is 1. The molecule has 1 fully saturated rings. The lowest BCUT2D eigenvalue weighted by molar-refractivity contribution is -0.384. The summed E-state index contributed by atoms with van der Waals surface area (Å²) in [4.78, 5) is 12.6. The van der Waals surface area contributed by atoms with Gasteiger partial charge in [-0.3, -0.25) is 10.1 Å². The van der Waals surface area contributed by atoms with Gasteiger partial charge in [0.1, 0.15) is 0 Å². The molecule has 86 valence electrons. The molecular weight excluding hydrogens is 206 g/mol. The summed E-state index contributed by atoms with van der Waals surface area (Å²) >= 11 is 0. The highest BCUT2D eigenvalue weighted by Gasteiger charge is 2.14. The number of nitrogens with one attached hydrogen (secondary N) is 1. The van der Waals surface area contributed by atoms with Crippen molar-refractivity contribution < 1.29 is 4.92 Å². The van der Waals surface area contributed by atoms with Crippen LogP contribution in [0, 0.1) is 17.0 Å². The van der Waals surface area contributed by atoms with Gasteiger partial charge in [0.25, 0.3) is 5.69 Å². The molecule has 1 aliphatic heterocycles. The Morgan fingerprint density at radius 1 is 1.31 bits per heavy atom. The summed E-state index contributed by atoms with van der Waals surface area (Å²) in [5.74, 6) is 0. The molecule has 0 spiro atoms. The normalized spacial score (nSPS) is 16.2. The van der Waals surface area contributed by atoms with Crippen molar-refractivity contribution in [3.8, 4) is 0 Å². The van der Waals surface area contributed by atoms with Crippen molar-refractivity contribution in [2.24, 2.45) is 0 Å². The second-order valence-electron chi connectivity index (χ2n) is 4.02. The molecule has 0 amide bonds. The molecule has 0 bridgehead atoms. The molecule has 2 rings (SSSR count). The first-order chi connectivity index (χ1) is 7.66. The van der Waals surface area contributed by atoms with E-state index in [1.54, 1.807) is 12.1 Å². The average Bonchev–Trinajstić information content (AvgIpc) is 2.29. The Hall–Kier alpha value is -1.62. The molecule has 1 aromatic carbocycles. The summed E-state index contributed by atoms with van der Waals surface area (Å²) in [6.07, 6.45) is 0. The molecule has 0 unspecified atom stereocenters. The molecule has 0 aliphatic carbocycles. The SMILES string of the molecule is Cc1cc(N2CCNCC2)cc([N+](=O)[O-])c1. The number of hydrogen-bond donors (Lipinski definition) is 1. The lowest BCUT2D eigenvalue weighted by atomic mass is 10.1. The summed E-state index contributed by atoms with van der Waals surface area (Å²) in [5, 5.41) is 14.0. The average molecular weight is 221 g/mol. The second-order valence-corrected chi connectivity index (χ2v) is 4.02. The lowest BCUT2D eigenvalue weighted by Crippen LogP contribution is -2.43. The number of benzene rings is 1. The van der Waals surface area contributed by atoms with Crippen LogP contribution in [-0.2, 0) is 0 Å². The highest BCUT2D eigenvalue weighted by Crippen LogP contribution is 2.23. The van der Waals surface area contributed by atoms with Gasteiger partial charge in [-0.2, -0.15) is 0 Å². The van der Waals surface area contributed by atoms with Gasteiger partial charge in [-0.25, -0.2) is 0 Å². The van der Waals surface area contributed by atoms with Crippen molar-refractivity contribution in [1.82, 2.24) is 5.32 Å². The van der Waals surface area contributed by atoms with Crippen LogP contribution in [0.15, 0.2) is 18.2 Å². The zero-order valence-electron chi connectivity index (χ0n) is 9.27. The molecule has 1 heterocycles. The highest BCUT2D eigenvalue weighted by atomic mass is 16.6. The van der Waals surface area contributed by atoms with E-state index in [2.05, 4.69) is 10.2 Å². The lowest BCUT2D eigenvalue weighted by Gasteiger charge is -2.29. The van der Waals surface area contributed by atoms with E-state index in [0.29, 0.717) is 0 Å². The minimum Gasteiger partial charge on any atom is -0.369 e. The van der Waals surface area contributed by atoms with Gasteiger partial charge in [0.05, 0.1) is 4.92 Å². The van der Waals surface area contributed by atoms with Crippen LogP contribution in [0.1, 0.15) is 5.56 Å². The molecule has 0 radical (unpaired) electrons. The fraction of sp³-hybridized carbons (Fsp3) is 0.455. The topological polar surface area (TPSA) is 58.4 Å². The summed E-state index contributed by atoms with van der Waals surface area (Å²) in [6, 6.07) is 5.25. The van der Waals surface area contributed by atoms with E-state index >= 15 is 0 Å². The van der Waals surface area contributed by atoms with Crippen molar-refractivity contribution in [2.75, 3.05) is 31.1 Å². The fourth-order valence-electron chi connectivity index (χ4n) is 1.95. The van der Waals surface area contributed by atoms with Crippen LogP contribution in [0.3, 0.4) is 0 Å². The summed E-state index contributed by atoms with van der Waals surface area (Å²) in [5.41, 5.74) is 2.06. The van der Waals surface area contributed by atoms with E-state index in [1.165, 1.54) is 0 Å². The Labute approximate surface area is 94.2 Å². The number of nitro benzene ring substituents is 1. The Morgan fingerprint density at radius 2 is 2.00 bits per heavy atom. The van der Waals surface area contributed by atoms with Gasteiger partial charge < -0.3 is 10.2 Å². The number of nitro groups is 1. The quantitative estimate of drug-likeness (QED) is 0.604. The minimum absolute atomic E-state index is 0.175. The van der Waals surface area contributed by atoms with Crippen LogP contribution < -0.4 is 10.2 Å². The van der Waals surface area contributed by atoms with Gasteiger partial charge in [-0.15, -0.1) is 0 Å². The van der Waals surface area contributed by atoms with Crippen LogP contribution in [0.25, 0.3) is 0 Å². The van der Waals surface area contributed by atoms with Crippen molar-refractivity contribution >= 4 is 11.4 Å². The number of nitrogens with zero attached hydrogens (tertiary/aromatic N) is 2. The first kappa shape index (κ1) is 10.9. The predicted octanol–water partition coefficient (Wildman–Crippen LogP) is 1.31. The third-order valence-corrected chi connectivity index (χ3v) is 2.74. The second kappa shape index (κ2) is 4.49. The fourth-order valence-corrected chi connectivity index (χ4v) is 1.95. The highest BCUT2D eigenvalue weighted by molar-refractivity contribution is 5.56. The standard InChI is InChI=1S/C11H15N3O2/c1-9-6-10(8-11(7-9)14(15)16)13-4-2-12-3-5-13/h6-8,12H,2-5H2,1H3. The van der Waals surface area contributed by atoms with Crippen molar-refractivity contribution in [1.29, 1.82) is 0 Å². The zero-order valence-corrected chi connectivity index (χ0v) is 9.27. The van der Waals surface area contributed by atoms with Gasteiger partial charge in [0, 0.05) is 44.0 Å². The Balaban J connectivity index is 2.28. The molecule has 5 heteroatoms. The molecular formula is C11H15N3O2. The first-order valence-electron chi connectivity index (χ1n) is 5.38. The Bertz CT molecular complexity index is 400. The summed E-state index contributed by atoms with van der Waals surface area (Å²) in [7, 11) is 0. The van der Waals surface area contributed by atoms with Gasteiger partial charge in [-0.1, -0.05) is 0 Å². The predicted molar refractivity (Wildman–Crippen MR) is 62.9 cm³/mol. The molecule has 1 aliphatic rings. The van der Waals surface area contributed by atoms with Gasteiger partial charge in [0.2, 0.25) is 0 Å². The van der Waals surface area contributed by atoms with Crippen LogP contribution in [0.2, 0.25) is 0 Å². The zero-order chi connectivity index (χ0) is 11.5. The largest absolute Gasteiger partial charge is 0.369 e. The number of rotatable bonds is 2. The maximum absolute atomic E-state index is 10.8. The van der Waals surface area contributed by atoms with Crippen LogP contribution >= 0.6 is 0 Å². The molecule has 16 heavy (non-hydrogen) atoms. The maximum atomic E-state index is 10.8. The third kappa shape index (κ3) is 2.30. The third-order valence-electron chi connectivity index (χ3n) is 2.74. The molecule has 1 N–H and O–H groups in total. The number of anilines is 1. The van der Waals surface area contributed by atoms with Gasteiger partial charge in [-0.05, 0) is 18.6 Å². The van der Waals surface area contributed by atoms with E-state index in [0.717, 1.165) is 37.4 Å². The van der Waals surface area contributed by atoms with E-state index in [4.69, 9.17) is 0 Å². The first-order valence-corrected chi connectivity index (χ1v) is 5.38. The monoisotopic (exact) mass is 221 g/mol. The van der Waals surface area contributed by atoms with Crippen LogP contribution in [0.5, 0.6) is 0 Å². The minimum atomic E-state index is -0.335. The van der Waals surface area contributed by atoms with Crippen LogP contribution in [-0.4, -0.2) is 31.1 Å². The molecule has 0 saturated carbocycles. The van der Waals surface area contributed by atoms with Crippen molar-refractivity contribution in [3.63, 3.8) is 0 Å². The van der Waals surface area contributed by atoms with Crippen LogP contribution in [0.4, 0.5) is 11.4 Å². The number of non-ortho nitro benzene ring substituents is 1. The molecule has 5 nitrogen and oxygen atoms in total.